The predicted molar refractivity (Wildman–Crippen MR) is 27.3 cm³/mol. The van der Waals surface area contributed by atoms with Gasteiger partial charge in [-0.25, -0.2) is 0 Å². The maximum atomic E-state index is 0. The van der Waals surface area contributed by atoms with E-state index >= 15 is 0 Å². The normalized spacial score (nSPS) is 0. The first-order valence-corrected chi connectivity index (χ1v) is 0. The zero-order chi connectivity index (χ0) is 0. The average Bonchev–Trinajstić information content (AvgIpc) is 0. The van der Waals surface area contributed by atoms with E-state index in [0.29, 0.717) is 0 Å². The Kier molecular flexibility index (Phi) is 114. The topological polar surface area (TPSA) is 0 Å². The van der Waals surface area contributed by atoms with E-state index < -0.39 is 0 Å². The van der Waals surface area contributed by atoms with Crippen LogP contribution in [0.3, 0.4) is 0 Å². The molecule has 0 rings (SSSR count). The van der Waals surface area contributed by atoms with Crippen LogP contribution in [0.5, 0.6) is 0 Å². The summed E-state index contributed by atoms with van der Waals surface area (Å²) in [5.41, 5.74) is 0. The van der Waals surface area contributed by atoms with E-state index in [4.69, 9.17) is 0 Å². The summed E-state index contributed by atoms with van der Waals surface area (Å²) in [6.07, 6.45) is 0. The van der Waals surface area contributed by atoms with Crippen molar-refractivity contribution in [3.05, 3.63) is 0 Å². The van der Waals surface area contributed by atoms with Crippen LogP contribution >= 0.6 is 0 Å². The zero-order valence-electron chi connectivity index (χ0n) is 5.79. The van der Waals surface area contributed by atoms with Gasteiger partial charge in [0.25, 0.3) is 0 Å². The summed E-state index contributed by atoms with van der Waals surface area (Å²) < 4.78 is 0. The van der Waals surface area contributed by atoms with Gasteiger partial charge in [0.1, 0.15) is 0 Å². The molecule has 0 aromatic carbocycles. The molecule has 0 aliphatic carbocycles. The van der Waals surface area contributed by atoms with Crippen molar-refractivity contribution in [2.45, 2.75) is 0 Å². The minimum Gasteiger partial charge on any atom is -1.00 e. The van der Waals surface area contributed by atoms with Crippen molar-refractivity contribution in [3.8, 4) is 0 Å². The molecule has 0 spiro atoms. The second-order valence-corrected chi connectivity index (χ2v) is 0. The third-order valence-corrected chi connectivity index (χ3v) is 0. The van der Waals surface area contributed by atoms with Gasteiger partial charge < -0.3 is 5.71 Å². The summed E-state index contributed by atoms with van der Waals surface area (Å²) in [6, 6.07) is 0. The first-order valence-electron chi connectivity index (χ1n) is 0. The molecule has 0 unspecified atom stereocenters. The molecule has 0 fully saturated rings. The molecule has 0 saturated heterocycles. The van der Waals surface area contributed by atoms with Gasteiger partial charge in [0, 0.05) is 17.1 Å². The Morgan fingerprint density at radius 3 is 1.25 bits per heavy atom. The minimum absolute atomic E-state index is 0. The van der Waals surface area contributed by atoms with Gasteiger partial charge in [0.15, 0.2) is 0 Å². The Morgan fingerprint density at radius 2 is 1.25 bits per heavy atom. The molecule has 0 saturated carbocycles. The summed E-state index contributed by atoms with van der Waals surface area (Å²) >= 11 is 0. The maximum Gasteiger partial charge on any atom is 2.00 e. The third kappa shape index (κ3) is 8.91. The van der Waals surface area contributed by atoms with E-state index in [0.717, 1.165) is 0 Å². The Balaban J connectivity index is 0. The number of hydrogen-bond donors (Lipinski definition) is 0. The average molecular weight is 253 g/mol. The van der Waals surface area contributed by atoms with E-state index in [1.165, 1.54) is 0 Å². The zero-order valence-corrected chi connectivity index (χ0v) is 8.83. The van der Waals surface area contributed by atoms with E-state index in [9.17, 15) is 0 Å². The van der Waals surface area contributed by atoms with Gasteiger partial charge in [-0.05, 0) is 11.0 Å². The number of rotatable bonds is 0. The minimum atomic E-state index is 0. The van der Waals surface area contributed by atoms with Crippen LogP contribution < -0.4 is 0 Å². The van der Waals surface area contributed by atoms with Crippen LogP contribution in [0.4, 0.5) is 0 Å². The fourth-order valence-electron chi connectivity index (χ4n) is 0. The molecule has 0 N–H and O–H groups in total. The first kappa shape index (κ1) is 27.6. The van der Waals surface area contributed by atoms with Crippen LogP contribution in [0.15, 0.2) is 0 Å². The molecule has 0 aliphatic heterocycles. The number of hydrogen-bond acceptors (Lipinski definition) is 0. The van der Waals surface area contributed by atoms with Gasteiger partial charge >= 0.3 is 71.9 Å². The SMILES string of the molecule is [Ba+2].[H-].[H-].[H-].[H-].[Mg+2].[Mn].[SiH4]. The van der Waals surface area contributed by atoms with Crippen molar-refractivity contribution < 1.29 is 22.8 Å². The summed E-state index contributed by atoms with van der Waals surface area (Å²) in [4.78, 5) is 0. The molecule has 0 heterocycles. The first-order chi connectivity index (χ1) is 0. The second kappa shape index (κ2) is 16.5. The van der Waals surface area contributed by atoms with Crippen molar-refractivity contribution >= 4 is 82.9 Å². The van der Waals surface area contributed by atoms with E-state index in [-0.39, 0.29) is 106 Å². The molecule has 23 valence electrons. The summed E-state index contributed by atoms with van der Waals surface area (Å²) in [6.45, 7) is 0. The van der Waals surface area contributed by atoms with Crippen molar-refractivity contribution in [2.24, 2.45) is 0 Å². The predicted octanol–water partition coefficient (Wildman–Crippen LogP) is -1.77. The van der Waals surface area contributed by atoms with Crippen molar-refractivity contribution in [1.29, 1.82) is 0 Å². The van der Waals surface area contributed by atoms with Gasteiger partial charge in [-0.3, -0.25) is 0 Å². The molecular weight excluding hydrogens is 245 g/mol. The molecule has 0 nitrogen and oxygen atoms in total. The van der Waals surface area contributed by atoms with E-state index in [1.807, 2.05) is 0 Å². The molecule has 0 bridgehead atoms. The van der Waals surface area contributed by atoms with Gasteiger partial charge in [0.05, 0.1) is 0 Å². The molecule has 0 aliphatic rings. The second-order valence-electron chi connectivity index (χ2n) is 0. The van der Waals surface area contributed by atoms with Gasteiger partial charge in [-0.15, -0.1) is 0 Å². The van der Waals surface area contributed by atoms with Crippen LogP contribution in [0.2, 0.25) is 0 Å². The molecule has 1 radical (unpaired) electrons. The van der Waals surface area contributed by atoms with Crippen molar-refractivity contribution in [3.63, 3.8) is 0 Å². The summed E-state index contributed by atoms with van der Waals surface area (Å²) in [5, 5.41) is 0. The molecule has 4 heteroatoms. The van der Waals surface area contributed by atoms with Crippen LogP contribution in [0.25, 0.3) is 0 Å². The molecule has 4 heavy (non-hydrogen) atoms. The maximum absolute atomic E-state index is 0. The van der Waals surface area contributed by atoms with Gasteiger partial charge in [-0.1, -0.05) is 0 Å². The molecule has 0 amide bonds. The monoisotopic (exact) mass is 253 g/mol. The smallest absolute Gasteiger partial charge is 1.00 e. The quantitative estimate of drug-likeness (QED) is 0.448. The largest absolute Gasteiger partial charge is 2.00 e. The molecular formula is H8BaMgMnSi. The fourth-order valence-corrected chi connectivity index (χ4v) is 0. The van der Waals surface area contributed by atoms with E-state index in [2.05, 4.69) is 0 Å². The summed E-state index contributed by atoms with van der Waals surface area (Å²) in [7, 11) is 0. The van der Waals surface area contributed by atoms with Crippen LogP contribution in [0.1, 0.15) is 5.71 Å². The standard InChI is InChI=1S/Ba.Mg.Mn.H4Si.4H/h;;;1H4;;;;/q2*+2;;;4*-1. The Bertz CT molecular complexity index is 16.0. The summed E-state index contributed by atoms with van der Waals surface area (Å²) in [5.74, 6) is 0. The third-order valence-electron chi connectivity index (χ3n) is 0. The van der Waals surface area contributed by atoms with Crippen molar-refractivity contribution in [2.75, 3.05) is 0 Å². The van der Waals surface area contributed by atoms with Gasteiger partial charge in [0.2, 0.25) is 0 Å². The molecule has 0 atom stereocenters. The Labute approximate surface area is 104 Å². The van der Waals surface area contributed by atoms with Crippen LogP contribution in [-0.2, 0) is 17.1 Å². The van der Waals surface area contributed by atoms with Crippen molar-refractivity contribution in [1.82, 2.24) is 0 Å². The Hall–Kier alpha value is 3.07. The van der Waals surface area contributed by atoms with Crippen LogP contribution in [0, 0.1) is 0 Å². The molecule has 0 aromatic rings. The fraction of sp³-hybridized carbons (Fsp3) is 0. The van der Waals surface area contributed by atoms with Gasteiger partial charge in [-0.2, -0.15) is 0 Å². The molecule has 0 aromatic heterocycles. The Morgan fingerprint density at radius 1 is 1.25 bits per heavy atom. The van der Waals surface area contributed by atoms with Crippen LogP contribution in [-0.4, -0.2) is 82.9 Å². The van der Waals surface area contributed by atoms with E-state index in [1.54, 1.807) is 0 Å².